The second-order valence-corrected chi connectivity index (χ2v) is 2.53. The molecule has 10 heavy (non-hydrogen) atoms. The molecule has 0 atom stereocenters. The fraction of sp³-hybridized carbons (Fsp3) is 0.111. The van der Waals surface area contributed by atoms with Crippen molar-refractivity contribution in [2.24, 2.45) is 0 Å². The highest BCUT2D eigenvalue weighted by Gasteiger charge is 2.05. The lowest BCUT2D eigenvalue weighted by molar-refractivity contribution is 1.31. The molecule has 0 saturated heterocycles. The molecule has 50 valence electrons. The van der Waals surface area contributed by atoms with Crippen LogP contribution in [0.15, 0.2) is 24.3 Å². The summed E-state index contributed by atoms with van der Waals surface area (Å²) >= 11 is 0. The van der Waals surface area contributed by atoms with E-state index in [1.54, 1.807) is 0 Å². The third-order valence-corrected chi connectivity index (χ3v) is 1.85. The van der Waals surface area contributed by atoms with Gasteiger partial charge in [0.2, 0.25) is 0 Å². The molecule has 0 bridgehead atoms. The van der Waals surface area contributed by atoms with Crippen LogP contribution in [0.2, 0.25) is 0 Å². The van der Waals surface area contributed by atoms with Crippen molar-refractivity contribution in [3.8, 4) is 0 Å². The SMILES string of the molecule is Nc1cccc2c1C=CC2. The van der Waals surface area contributed by atoms with Gasteiger partial charge >= 0.3 is 0 Å². The number of fused-ring (bicyclic) bond motifs is 1. The fourth-order valence-electron chi connectivity index (χ4n) is 1.32. The normalized spacial score (nSPS) is 13.6. The molecule has 1 aliphatic carbocycles. The van der Waals surface area contributed by atoms with E-state index in [1.165, 1.54) is 11.1 Å². The molecular formula is C9H9N. The van der Waals surface area contributed by atoms with E-state index >= 15 is 0 Å². The van der Waals surface area contributed by atoms with Crippen LogP contribution in [0.1, 0.15) is 11.1 Å². The van der Waals surface area contributed by atoms with Gasteiger partial charge in [0.1, 0.15) is 0 Å². The molecule has 1 aromatic rings. The van der Waals surface area contributed by atoms with Crippen molar-refractivity contribution in [1.82, 2.24) is 0 Å². The van der Waals surface area contributed by atoms with Gasteiger partial charge in [-0.1, -0.05) is 24.3 Å². The van der Waals surface area contributed by atoms with Crippen LogP contribution >= 0.6 is 0 Å². The van der Waals surface area contributed by atoms with Crippen LogP contribution in [-0.2, 0) is 6.42 Å². The first kappa shape index (κ1) is 5.54. The Hall–Kier alpha value is -1.24. The number of hydrogen-bond donors (Lipinski definition) is 1. The van der Waals surface area contributed by atoms with Gasteiger partial charge in [-0.25, -0.2) is 0 Å². The van der Waals surface area contributed by atoms with Crippen molar-refractivity contribution in [3.05, 3.63) is 35.4 Å². The summed E-state index contributed by atoms with van der Waals surface area (Å²) in [6.45, 7) is 0. The van der Waals surface area contributed by atoms with E-state index in [0.29, 0.717) is 0 Å². The summed E-state index contributed by atoms with van der Waals surface area (Å²) in [5.41, 5.74) is 9.17. The van der Waals surface area contributed by atoms with Crippen molar-refractivity contribution in [2.75, 3.05) is 5.73 Å². The Morgan fingerprint density at radius 2 is 2.20 bits per heavy atom. The molecular weight excluding hydrogens is 122 g/mol. The molecule has 2 rings (SSSR count). The van der Waals surface area contributed by atoms with Crippen LogP contribution in [0.3, 0.4) is 0 Å². The summed E-state index contributed by atoms with van der Waals surface area (Å²) in [6.07, 6.45) is 5.27. The van der Waals surface area contributed by atoms with Crippen molar-refractivity contribution in [2.45, 2.75) is 6.42 Å². The number of benzene rings is 1. The summed E-state index contributed by atoms with van der Waals surface area (Å²) in [5.74, 6) is 0. The topological polar surface area (TPSA) is 26.0 Å². The molecule has 0 spiro atoms. The standard InChI is InChI=1S/C9H9N/c10-9-6-2-4-7-3-1-5-8(7)9/h1-2,4-6H,3,10H2. The first-order chi connectivity index (χ1) is 4.88. The number of nitrogens with two attached hydrogens (primary N) is 1. The summed E-state index contributed by atoms with van der Waals surface area (Å²) in [4.78, 5) is 0. The van der Waals surface area contributed by atoms with Crippen LogP contribution in [0.5, 0.6) is 0 Å². The molecule has 0 unspecified atom stereocenters. The Morgan fingerprint density at radius 1 is 1.30 bits per heavy atom. The highest BCUT2D eigenvalue weighted by Crippen LogP contribution is 2.24. The zero-order chi connectivity index (χ0) is 6.97. The summed E-state index contributed by atoms with van der Waals surface area (Å²) in [5, 5.41) is 0. The monoisotopic (exact) mass is 131 g/mol. The van der Waals surface area contributed by atoms with Crippen molar-refractivity contribution < 1.29 is 0 Å². The quantitative estimate of drug-likeness (QED) is 0.534. The molecule has 1 heteroatoms. The number of allylic oxidation sites excluding steroid dienone is 1. The van der Waals surface area contributed by atoms with Gasteiger partial charge < -0.3 is 5.73 Å². The lowest BCUT2D eigenvalue weighted by atomic mass is 10.1. The molecule has 1 aromatic carbocycles. The van der Waals surface area contributed by atoms with Gasteiger partial charge in [0.05, 0.1) is 0 Å². The predicted molar refractivity (Wildman–Crippen MR) is 43.6 cm³/mol. The fourth-order valence-corrected chi connectivity index (χ4v) is 1.32. The maximum Gasteiger partial charge on any atom is 0.0390 e. The van der Waals surface area contributed by atoms with Gasteiger partial charge in [-0.3, -0.25) is 0 Å². The Bertz CT molecular complexity index is 287. The maximum absolute atomic E-state index is 5.72. The second kappa shape index (κ2) is 1.87. The average molecular weight is 131 g/mol. The zero-order valence-corrected chi connectivity index (χ0v) is 5.67. The molecule has 0 amide bonds. The largest absolute Gasteiger partial charge is 0.398 e. The van der Waals surface area contributed by atoms with E-state index in [0.717, 1.165) is 12.1 Å². The first-order valence-corrected chi connectivity index (χ1v) is 3.42. The number of nitrogen functional groups attached to an aromatic ring is 1. The molecule has 0 heterocycles. The van der Waals surface area contributed by atoms with Gasteiger partial charge in [-0.05, 0) is 18.1 Å². The first-order valence-electron chi connectivity index (χ1n) is 3.42. The van der Waals surface area contributed by atoms with Gasteiger partial charge in [-0.15, -0.1) is 0 Å². The molecule has 1 nitrogen and oxygen atoms in total. The molecule has 1 aliphatic rings. The Labute approximate surface area is 60.2 Å². The van der Waals surface area contributed by atoms with Gasteiger partial charge in [0, 0.05) is 11.3 Å². The van der Waals surface area contributed by atoms with E-state index in [-0.39, 0.29) is 0 Å². The van der Waals surface area contributed by atoms with Crippen molar-refractivity contribution in [1.29, 1.82) is 0 Å². The third-order valence-electron chi connectivity index (χ3n) is 1.85. The number of hydrogen-bond acceptors (Lipinski definition) is 1. The van der Waals surface area contributed by atoms with Crippen molar-refractivity contribution in [3.63, 3.8) is 0 Å². The van der Waals surface area contributed by atoms with Gasteiger partial charge in [0.25, 0.3) is 0 Å². The van der Waals surface area contributed by atoms with E-state index in [9.17, 15) is 0 Å². The van der Waals surface area contributed by atoms with E-state index in [2.05, 4.69) is 18.2 Å². The molecule has 0 radical (unpaired) electrons. The lowest BCUT2D eigenvalue weighted by Gasteiger charge is -2.00. The Morgan fingerprint density at radius 3 is 3.00 bits per heavy atom. The Balaban J connectivity index is 2.67. The van der Waals surface area contributed by atoms with Crippen LogP contribution in [0, 0.1) is 0 Å². The molecule has 0 fully saturated rings. The minimum atomic E-state index is 0.895. The average Bonchev–Trinajstić information content (AvgIpc) is 2.36. The van der Waals surface area contributed by atoms with E-state index in [1.807, 2.05) is 12.1 Å². The van der Waals surface area contributed by atoms with Gasteiger partial charge in [-0.2, -0.15) is 0 Å². The van der Waals surface area contributed by atoms with Crippen LogP contribution in [0.25, 0.3) is 6.08 Å². The Kier molecular flexibility index (Phi) is 1.04. The minimum absolute atomic E-state index is 0.895. The van der Waals surface area contributed by atoms with Crippen molar-refractivity contribution >= 4 is 11.8 Å². The zero-order valence-electron chi connectivity index (χ0n) is 5.67. The minimum Gasteiger partial charge on any atom is -0.398 e. The summed E-state index contributed by atoms with van der Waals surface area (Å²) in [7, 11) is 0. The predicted octanol–water partition coefficient (Wildman–Crippen LogP) is 1.84. The molecule has 2 N–H and O–H groups in total. The number of rotatable bonds is 0. The van der Waals surface area contributed by atoms with Crippen LogP contribution < -0.4 is 5.73 Å². The molecule has 0 aliphatic heterocycles. The van der Waals surface area contributed by atoms with E-state index < -0.39 is 0 Å². The molecule has 0 aromatic heterocycles. The third kappa shape index (κ3) is 0.637. The van der Waals surface area contributed by atoms with Crippen LogP contribution in [0.4, 0.5) is 5.69 Å². The highest BCUT2D eigenvalue weighted by atomic mass is 14.6. The second-order valence-electron chi connectivity index (χ2n) is 2.53. The van der Waals surface area contributed by atoms with E-state index in [4.69, 9.17) is 5.73 Å². The highest BCUT2D eigenvalue weighted by molar-refractivity contribution is 5.71. The smallest absolute Gasteiger partial charge is 0.0390 e. The van der Waals surface area contributed by atoms with Gasteiger partial charge in [0.15, 0.2) is 0 Å². The summed E-state index contributed by atoms with van der Waals surface area (Å²) in [6, 6.07) is 6.06. The molecule has 0 saturated carbocycles. The van der Waals surface area contributed by atoms with Crippen LogP contribution in [-0.4, -0.2) is 0 Å². The maximum atomic E-state index is 5.72. The number of anilines is 1. The summed E-state index contributed by atoms with van der Waals surface area (Å²) < 4.78 is 0. The lowest BCUT2D eigenvalue weighted by Crippen LogP contribution is -1.90.